The van der Waals surface area contributed by atoms with Gasteiger partial charge in [0.1, 0.15) is 0 Å². The Kier molecular flexibility index (Phi) is 2.64. The van der Waals surface area contributed by atoms with Crippen LogP contribution in [-0.4, -0.2) is 5.75 Å². The smallest absolute Gasteiger partial charge is 0.0481 e. The van der Waals surface area contributed by atoms with Crippen molar-refractivity contribution in [1.29, 1.82) is 0 Å². The number of hydrogen-bond acceptors (Lipinski definition) is 1. The second kappa shape index (κ2) is 3.36. The Morgan fingerprint density at radius 2 is 2.14 bits per heavy atom. The van der Waals surface area contributed by atoms with E-state index in [0.717, 1.165) is 0 Å². The van der Waals surface area contributed by atoms with Crippen LogP contribution in [0.1, 0.15) is 25.7 Å². The summed E-state index contributed by atoms with van der Waals surface area (Å²) in [5, 5.41) is 0. The molecule has 0 amide bonds. The van der Waals surface area contributed by atoms with E-state index in [1.54, 1.807) is 0 Å². The molecular formula is C6H10S. The van der Waals surface area contributed by atoms with Gasteiger partial charge in [-0.3, -0.25) is 0 Å². The molecule has 1 saturated heterocycles. The van der Waals surface area contributed by atoms with E-state index in [0.29, 0.717) is 0 Å². The first-order valence-corrected chi connectivity index (χ1v) is 3.83. The van der Waals surface area contributed by atoms with Crippen LogP contribution in [0.4, 0.5) is 0 Å². The molecule has 1 heteroatoms. The highest BCUT2D eigenvalue weighted by Crippen LogP contribution is 2.19. The van der Waals surface area contributed by atoms with E-state index in [9.17, 15) is 0 Å². The van der Waals surface area contributed by atoms with Crippen molar-refractivity contribution in [2.45, 2.75) is 25.7 Å². The van der Waals surface area contributed by atoms with Gasteiger partial charge in [-0.05, 0) is 18.6 Å². The largest absolute Gasteiger partial charge is 0.152 e. The summed E-state index contributed by atoms with van der Waals surface area (Å²) in [6.07, 6.45) is 5.40. The molecule has 0 spiro atoms. The maximum atomic E-state index is 3.26. The van der Waals surface area contributed by atoms with Crippen LogP contribution in [0.5, 0.6) is 0 Å². The zero-order valence-electron chi connectivity index (χ0n) is 4.44. The van der Waals surface area contributed by atoms with Crippen molar-refractivity contribution < 1.29 is 0 Å². The predicted molar refractivity (Wildman–Crippen MR) is 34.2 cm³/mol. The minimum atomic E-state index is 1.21. The zero-order valence-corrected chi connectivity index (χ0v) is 5.26. The zero-order chi connectivity index (χ0) is 4.95. The SMILES string of the molecule is [C]1CCCCCS1. The Morgan fingerprint density at radius 1 is 1.14 bits per heavy atom. The summed E-state index contributed by atoms with van der Waals surface area (Å²) in [6, 6.07) is 0. The van der Waals surface area contributed by atoms with Gasteiger partial charge in [-0.25, -0.2) is 0 Å². The molecule has 1 aliphatic heterocycles. The number of hydrogen-bond donors (Lipinski definition) is 0. The van der Waals surface area contributed by atoms with Crippen molar-refractivity contribution in [1.82, 2.24) is 0 Å². The molecule has 0 aliphatic carbocycles. The summed E-state index contributed by atoms with van der Waals surface area (Å²) >= 11 is 1.87. The van der Waals surface area contributed by atoms with Gasteiger partial charge >= 0.3 is 0 Å². The van der Waals surface area contributed by atoms with Crippen LogP contribution in [0.25, 0.3) is 0 Å². The fourth-order valence-corrected chi connectivity index (χ4v) is 1.47. The minimum absolute atomic E-state index is 1.21. The first kappa shape index (κ1) is 5.49. The summed E-state index contributed by atoms with van der Waals surface area (Å²) in [4.78, 5) is 0. The van der Waals surface area contributed by atoms with E-state index in [-0.39, 0.29) is 0 Å². The van der Waals surface area contributed by atoms with Gasteiger partial charge in [0.05, 0.1) is 0 Å². The summed E-state index contributed by atoms with van der Waals surface area (Å²) in [5.41, 5.74) is 0. The number of thioether (sulfide) groups is 1. The average Bonchev–Trinajstić information content (AvgIpc) is 1.90. The molecule has 0 atom stereocenters. The van der Waals surface area contributed by atoms with Crippen molar-refractivity contribution >= 4 is 11.8 Å². The van der Waals surface area contributed by atoms with E-state index < -0.39 is 0 Å². The van der Waals surface area contributed by atoms with Crippen LogP contribution < -0.4 is 0 Å². The maximum Gasteiger partial charge on any atom is 0.0481 e. The molecule has 0 bridgehead atoms. The Balaban J connectivity index is 2.04. The normalized spacial score (nSPS) is 24.0. The molecule has 0 saturated carbocycles. The monoisotopic (exact) mass is 114 g/mol. The van der Waals surface area contributed by atoms with Gasteiger partial charge in [-0.15, -0.1) is 0 Å². The molecule has 1 rings (SSSR count). The lowest BCUT2D eigenvalue weighted by atomic mass is 10.2. The summed E-state index contributed by atoms with van der Waals surface area (Å²) in [6.45, 7) is 0. The van der Waals surface area contributed by atoms with E-state index >= 15 is 0 Å². The summed E-state index contributed by atoms with van der Waals surface area (Å²) < 4.78 is 0. The van der Waals surface area contributed by atoms with Gasteiger partial charge in [0.2, 0.25) is 0 Å². The topological polar surface area (TPSA) is 0 Å². The van der Waals surface area contributed by atoms with Crippen molar-refractivity contribution in [2.75, 3.05) is 5.75 Å². The van der Waals surface area contributed by atoms with E-state index in [1.165, 1.54) is 31.4 Å². The second-order valence-corrected chi connectivity index (χ2v) is 2.79. The molecule has 40 valence electrons. The third-order valence-corrected chi connectivity index (χ3v) is 2.03. The Morgan fingerprint density at radius 3 is 3.14 bits per heavy atom. The lowest BCUT2D eigenvalue weighted by molar-refractivity contribution is 0.741. The second-order valence-electron chi connectivity index (χ2n) is 1.80. The molecule has 0 nitrogen and oxygen atoms in total. The first-order valence-electron chi connectivity index (χ1n) is 2.85. The molecule has 2 radical (unpaired) electrons. The standard InChI is InChI=1S/C6H10S/c1-2-4-6-7-5-3-1/h1-5H2. The highest BCUT2D eigenvalue weighted by atomic mass is 32.2. The highest BCUT2D eigenvalue weighted by molar-refractivity contribution is 8.01. The molecular weight excluding hydrogens is 104 g/mol. The van der Waals surface area contributed by atoms with Crippen LogP contribution in [0.2, 0.25) is 0 Å². The van der Waals surface area contributed by atoms with E-state index in [4.69, 9.17) is 0 Å². The maximum absolute atomic E-state index is 3.26. The van der Waals surface area contributed by atoms with Gasteiger partial charge in [-0.2, -0.15) is 11.8 Å². The summed E-state index contributed by atoms with van der Waals surface area (Å²) in [5.74, 6) is 4.57. The molecule has 0 unspecified atom stereocenters. The third kappa shape index (κ3) is 2.22. The highest BCUT2D eigenvalue weighted by Gasteiger charge is 1.96. The Bertz CT molecular complexity index is 23.8. The third-order valence-electron chi connectivity index (χ3n) is 1.13. The molecule has 1 aliphatic rings. The van der Waals surface area contributed by atoms with Crippen LogP contribution in [0.3, 0.4) is 0 Å². The Labute approximate surface area is 49.7 Å². The van der Waals surface area contributed by atoms with Gasteiger partial charge in [-0.1, -0.05) is 12.8 Å². The number of rotatable bonds is 0. The molecule has 0 N–H and O–H groups in total. The van der Waals surface area contributed by atoms with Crippen molar-refractivity contribution in [3.63, 3.8) is 0 Å². The van der Waals surface area contributed by atoms with E-state index in [1.807, 2.05) is 11.8 Å². The van der Waals surface area contributed by atoms with Crippen LogP contribution in [-0.2, 0) is 0 Å². The molecule has 0 aromatic rings. The summed E-state index contributed by atoms with van der Waals surface area (Å²) in [7, 11) is 0. The van der Waals surface area contributed by atoms with Crippen molar-refractivity contribution in [2.24, 2.45) is 0 Å². The van der Waals surface area contributed by atoms with Crippen molar-refractivity contribution in [3.05, 3.63) is 5.75 Å². The average molecular weight is 114 g/mol. The van der Waals surface area contributed by atoms with Crippen molar-refractivity contribution in [3.8, 4) is 0 Å². The lowest BCUT2D eigenvalue weighted by Gasteiger charge is -1.85. The van der Waals surface area contributed by atoms with Gasteiger partial charge in [0.15, 0.2) is 0 Å². The van der Waals surface area contributed by atoms with Crippen LogP contribution >= 0.6 is 11.8 Å². The van der Waals surface area contributed by atoms with Gasteiger partial charge < -0.3 is 0 Å². The quantitative estimate of drug-likeness (QED) is 0.465. The predicted octanol–water partition coefficient (Wildman–Crippen LogP) is 2.33. The Hall–Kier alpha value is 0.350. The molecule has 1 fully saturated rings. The molecule has 0 aromatic heterocycles. The molecule has 1 heterocycles. The molecule has 0 aromatic carbocycles. The van der Waals surface area contributed by atoms with E-state index in [2.05, 4.69) is 5.75 Å². The lowest BCUT2D eigenvalue weighted by Crippen LogP contribution is -1.70. The fourth-order valence-electron chi connectivity index (χ4n) is 0.693. The van der Waals surface area contributed by atoms with Crippen LogP contribution in [0.15, 0.2) is 0 Å². The van der Waals surface area contributed by atoms with Crippen LogP contribution in [0, 0.1) is 5.75 Å². The fraction of sp³-hybridized carbons (Fsp3) is 0.833. The minimum Gasteiger partial charge on any atom is -0.152 e. The first-order chi connectivity index (χ1) is 3.50. The molecule has 7 heavy (non-hydrogen) atoms. The van der Waals surface area contributed by atoms with Gasteiger partial charge in [0, 0.05) is 5.75 Å². The van der Waals surface area contributed by atoms with Gasteiger partial charge in [0.25, 0.3) is 0 Å².